The fraction of sp³-hybridized carbons (Fsp3) is 0.308. The lowest BCUT2D eigenvalue weighted by Crippen LogP contribution is -2.54. The minimum atomic E-state index is -0.671. The number of hydrogen-bond acceptors (Lipinski definition) is 4. The molecule has 0 bridgehead atoms. The summed E-state index contributed by atoms with van der Waals surface area (Å²) >= 11 is 0. The Labute approximate surface area is 188 Å². The van der Waals surface area contributed by atoms with Crippen LogP contribution in [0.5, 0.6) is 0 Å². The number of pyridine rings is 2. The second-order valence-corrected chi connectivity index (χ2v) is 8.39. The Morgan fingerprint density at radius 1 is 1.03 bits per heavy atom. The summed E-state index contributed by atoms with van der Waals surface area (Å²) in [4.78, 5) is 36.5. The van der Waals surface area contributed by atoms with E-state index in [-0.39, 0.29) is 11.8 Å². The fourth-order valence-electron chi connectivity index (χ4n) is 4.65. The van der Waals surface area contributed by atoms with Gasteiger partial charge in [0.1, 0.15) is 0 Å². The van der Waals surface area contributed by atoms with Crippen molar-refractivity contribution >= 4 is 11.8 Å². The van der Waals surface area contributed by atoms with Crippen molar-refractivity contribution in [2.24, 2.45) is 5.41 Å². The molecule has 2 aromatic heterocycles. The van der Waals surface area contributed by atoms with E-state index in [0.717, 1.165) is 35.1 Å². The van der Waals surface area contributed by atoms with E-state index in [4.69, 9.17) is 0 Å². The summed E-state index contributed by atoms with van der Waals surface area (Å²) < 4.78 is 0. The van der Waals surface area contributed by atoms with Gasteiger partial charge in [-0.15, -0.1) is 0 Å². The van der Waals surface area contributed by atoms with Crippen molar-refractivity contribution in [1.29, 1.82) is 0 Å². The van der Waals surface area contributed by atoms with Gasteiger partial charge in [-0.05, 0) is 48.1 Å². The standard InChI is InChI=1S/C26H28N4O2/c1-27-25(32)26(16-21-8-2-3-10-23(21)22-9-5-13-29-18-22)11-6-14-30(19-26)24(31)15-20-7-4-12-28-17-20/h2-5,7-10,12-13,17-18H,6,11,14-16,19H2,1H3,(H,27,32)/t26-/m1/s1. The van der Waals surface area contributed by atoms with Gasteiger partial charge in [-0.3, -0.25) is 19.6 Å². The highest BCUT2D eigenvalue weighted by Gasteiger charge is 2.43. The lowest BCUT2D eigenvalue weighted by atomic mass is 9.73. The van der Waals surface area contributed by atoms with Gasteiger partial charge in [0.15, 0.2) is 0 Å². The first kappa shape index (κ1) is 21.7. The van der Waals surface area contributed by atoms with E-state index in [1.54, 1.807) is 25.6 Å². The molecule has 32 heavy (non-hydrogen) atoms. The van der Waals surface area contributed by atoms with Gasteiger partial charge < -0.3 is 10.2 Å². The van der Waals surface area contributed by atoms with Gasteiger partial charge in [0.2, 0.25) is 11.8 Å². The molecule has 0 aliphatic carbocycles. The highest BCUT2D eigenvalue weighted by Crippen LogP contribution is 2.37. The lowest BCUT2D eigenvalue weighted by molar-refractivity contribution is -0.141. The molecule has 1 N–H and O–H groups in total. The number of carbonyl (C=O) groups is 2. The van der Waals surface area contributed by atoms with Crippen LogP contribution < -0.4 is 5.32 Å². The number of piperidine rings is 1. The third-order valence-electron chi connectivity index (χ3n) is 6.24. The SMILES string of the molecule is CNC(=O)[C@@]1(Cc2ccccc2-c2cccnc2)CCCN(C(=O)Cc2cccnc2)C1. The number of amides is 2. The molecular weight excluding hydrogens is 400 g/mol. The molecule has 3 heterocycles. The van der Waals surface area contributed by atoms with E-state index in [1.165, 1.54) is 0 Å². The van der Waals surface area contributed by atoms with E-state index in [0.29, 0.717) is 25.9 Å². The lowest BCUT2D eigenvalue weighted by Gasteiger charge is -2.42. The zero-order valence-corrected chi connectivity index (χ0v) is 18.3. The fourth-order valence-corrected chi connectivity index (χ4v) is 4.65. The van der Waals surface area contributed by atoms with Gasteiger partial charge in [0.05, 0.1) is 11.8 Å². The van der Waals surface area contributed by atoms with Crippen LogP contribution in [0.15, 0.2) is 73.3 Å². The Hall–Kier alpha value is -3.54. The summed E-state index contributed by atoms with van der Waals surface area (Å²) in [5.41, 5.74) is 3.40. The number of aromatic nitrogens is 2. The maximum atomic E-state index is 13.2. The second-order valence-electron chi connectivity index (χ2n) is 8.39. The second kappa shape index (κ2) is 9.73. The van der Waals surface area contributed by atoms with Gasteiger partial charge >= 0.3 is 0 Å². The Kier molecular flexibility index (Phi) is 6.59. The predicted molar refractivity (Wildman–Crippen MR) is 124 cm³/mol. The zero-order valence-electron chi connectivity index (χ0n) is 18.3. The number of benzene rings is 1. The van der Waals surface area contributed by atoms with Crippen LogP contribution in [0.4, 0.5) is 0 Å². The molecule has 0 spiro atoms. The monoisotopic (exact) mass is 428 g/mol. The normalized spacial score (nSPS) is 18.2. The van der Waals surface area contributed by atoms with Crippen LogP contribution in [0.3, 0.4) is 0 Å². The average Bonchev–Trinajstić information content (AvgIpc) is 2.85. The van der Waals surface area contributed by atoms with E-state index in [2.05, 4.69) is 27.4 Å². The number of likely N-dealkylation sites (tertiary alicyclic amines) is 1. The highest BCUT2D eigenvalue weighted by atomic mass is 16.2. The van der Waals surface area contributed by atoms with Crippen LogP contribution in [0, 0.1) is 5.41 Å². The Morgan fingerprint density at radius 3 is 2.53 bits per heavy atom. The predicted octanol–water partition coefficient (Wildman–Crippen LogP) is 3.28. The summed E-state index contributed by atoms with van der Waals surface area (Å²) in [6.45, 7) is 1.08. The third kappa shape index (κ3) is 4.69. The number of carbonyl (C=O) groups excluding carboxylic acids is 2. The summed E-state index contributed by atoms with van der Waals surface area (Å²) in [7, 11) is 1.67. The maximum absolute atomic E-state index is 13.2. The van der Waals surface area contributed by atoms with E-state index in [1.807, 2.05) is 47.5 Å². The van der Waals surface area contributed by atoms with Crippen molar-refractivity contribution in [3.8, 4) is 11.1 Å². The molecular formula is C26H28N4O2. The van der Waals surface area contributed by atoms with Crippen LogP contribution in [0.1, 0.15) is 24.0 Å². The number of nitrogens with one attached hydrogen (secondary N) is 1. The van der Waals surface area contributed by atoms with Crippen molar-refractivity contribution in [3.05, 3.63) is 84.4 Å². The smallest absolute Gasteiger partial charge is 0.228 e. The van der Waals surface area contributed by atoms with Crippen LogP contribution in [0.2, 0.25) is 0 Å². The summed E-state index contributed by atoms with van der Waals surface area (Å²) in [6, 6.07) is 15.8. The summed E-state index contributed by atoms with van der Waals surface area (Å²) in [5, 5.41) is 2.86. The van der Waals surface area contributed by atoms with Crippen LogP contribution >= 0.6 is 0 Å². The maximum Gasteiger partial charge on any atom is 0.228 e. The van der Waals surface area contributed by atoms with Gasteiger partial charge in [-0.25, -0.2) is 0 Å². The molecule has 0 saturated carbocycles. The topological polar surface area (TPSA) is 75.2 Å². The Bertz CT molecular complexity index is 1070. The molecule has 3 aromatic rings. The first-order valence-electron chi connectivity index (χ1n) is 11.0. The minimum Gasteiger partial charge on any atom is -0.359 e. The Morgan fingerprint density at radius 2 is 1.81 bits per heavy atom. The number of nitrogens with zero attached hydrogens (tertiary/aromatic N) is 3. The highest BCUT2D eigenvalue weighted by molar-refractivity contribution is 5.85. The molecule has 4 rings (SSSR count). The average molecular weight is 429 g/mol. The van der Waals surface area contributed by atoms with Crippen molar-refractivity contribution in [3.63, 3.8) is 0 Å². The minimum absolute atomic E-state index is 0.0163. The largest absolute Gasteiger partial charge is 0.359 e. The summed E-state index contributed by atoms with van der Waals surface area (Å²) in [6.07, 6.45) is 9.41. The molecule has 164 valence electrons. The molecule has 6 nitrogen and oxygen atoms in total. The molecule has 1 aliphatic rings. The van der Waals surface area contributed by atoms with Crippen molar-refractivity contribution in [1.82, 2.24) is 20.2 Å². The quantitative estimate of drug-likeness (QED) is 0.654. The van der Waals surface area contributed by atoms with E-state index < -0.39 is 5.41 Å². The molecule has 1 atom stereocenters. The zero-order chi connectivity index (χ0) is 22.4. The first-order chi connectivity index (χ1) is 15.6. The van der Waals surface area contributed by atoms with Crippen LogP contribution in [-0.2, 0) is 22.4 Å². The van der Waals surface area contributed by atoms with Gasteiger partial charge in [0, 0.05) is 50.5 Å². The van der Waals surface area contributed by atoms with Crippen molar-refractivity contribution in [2.75, 3.05) is 20.1 Å². The van der Waals surface area contributed by atoms with E-state index in [9.17, 15) is 9.59 Å². The molecule has 0 unspecified atom stereocenters. The van der Waals surface area contributed by atoms with Crippen molar-refractivity contribution < 1.29 is 9.59 Å². The number of hydrogen-bond donors (Lipinski definition) is 1. The van der Waals surface area contributed by atoms with Crippen LogP contribution in [0.25, 0.3) is 11.1 Å². The molecule has 1 fully saturated rings. The first-order valence-corrected chi connectivity index (χ1v) is 11.0. The van der Waals surface area contributed by atoms with Gasteiger partial charge in [0.25, 0.3) is 0 Å². The van der Waals surface area contributed by atoms with Gasteiger partial charge in [-0.2, -0.15) is 0 Å². The molecule has 1 aliphatic heterocycles. The molecule has 1 aromatic carbocycles. The third-order valence-corrected chi connectivity index (χ3v) is 6.24. The number of rotatable bonds is 6. The van der Waals surface area contributed by atoms with Crippen molar-refractivity contribution in [2.45, 2.75) is 25.7 Å². The van der Waals surface area contributed by atoms with Gasteiger partial charge in [-0.1, -0.05) is 36.4 Å². The Balaban J connectivity index is 1.61. The summed E-state index contributed by atoms with van der Waals surface area (Å²) in [5.74, 6) is 0.0175. The molecule has 1 saturated heterocycles. The molecule has 2 amide bonds. The van der Waals surface area contributed by atoms with E-state index >= 15 is 0 Å². The molecule has 6 heteroatoms. The molecule has 0 radical (unpaired) electrons. The van der Waals surface area contributed by atoms with Crippen LogP contribution in [-0.4, -0.2) is 46.8 Å².